The number of anilines is 1. The summed E-state index contributed by atoms with van der Waals surface area (Å²) in [6.45, 7) is 8.50. The van der Waals surface area contributed by atoms with Gasteiger partial charge in [-0.2, -0.15) is 0 Å². The number of hydrogen-bond donors (Lipinski definition) is 2. The van der Waals surface area contributed by atoms with Gasteiger partial charge in [-0.05, 0) is 49.9 Å². The number of nitrogens with zero attached hydrogens (tertiary/aromatic N) is 1. The van der Waals surface area contributed by atoms with Gasteiger partial charge in [0.15, 0.2) is 0 Å². The van der Waals surface area contributed by atoms with Crippen molar-refractivity contribution in [3.05, 3.63) is 29.3 Å². The van der Waals surface area contributed by atoms with E-state index in [1.54, 1.807) is 0 Å². The quantitative estimate of drug-likeness (QED) is 0.892. The van der Waals surface area contributed by atoms with Crippen molar-refractivity contribution < 1.29 is 14.6 Å². The van der Waals surface area contributed by atoms with E-state index in [2.05, 4.69) is 24.1 Å². The topological polar surface area (TPSA) is 61.8 Å². The molecule has 1 heterocycles. The van der Waals surface area contributed by atoms with E-state index in [0.717, 1.165) is 49.3 Å². The molecule has 0 radical (unpaired) electrons. The number of carbonyl (C=O) groups excluding carboxylic acids is 1. The molecule has 5 heteroatoms. The van der Waals surface area contributed by atoms with Gasteiger partial charge in [-0.15, -0.1) is 0 Å². The van der Waals surface area contributed by atoms with E-state index in [9.17, 15) is 9.90 Å². The van der Waals surface area contributed by atoms with Crippen LogP contribution < -0.4 is 5.32 Å². The normalized spacial score (nSPS) is 30.7. The first-order valence-corrected chi connectivity index (χ1v) is 8.88. The number of rotatable bonds is 3. The lowest BCUT2D eigenvalue weighted by Crippen LogP contribution is -2.48. The summed E-state index contributed by atoms with van der Waals surface area (Å²) in [4.78, 5) is 13.6. The molecule has 3 rings (SSSR count). The van der Waals surface area contributed by atoms with Crippen molar-refractivity contribution in [2.24, 2.45) is 5.92 Å². The van der Waals surface area contributed by atoms with E-state index in [1.807, 2.05) is 18.2 Å². The third-order valence-electron chi connectivity index (χ3n) is 5.00. The standard InChI is InChI=1S/C19H28N2O3/c1-12-9-21(10-13(2)24-12)11-16-5-4-15-8-17(20-14(3)22)6-7-18(15)19(16)23/h6-8,12-13,16,19,23H,4-5,9-11H2,1-3H3,(H,20,22). The van der Waals surface area contributed by atoms with Crippen LogP contribution in [0.1, 0.15) is 44.4 Å². The van der Waals surface area contributed by atoms with E-state index in [0.29, 0.717) is 0 Å². The van der Waals surface area contributed by atoms with Crippen molar-refractivity contribution in [1.82, 2.24) is 4.90 Å². The molecule has 1 aliphatic heterocycles. The number of benzene rings is 1. The summed E-state index contributed by atoms with van der Waals surface area (Å²) in [7, 11) is 0. The predicted molar refractivity (Wildman–Crippen MR) is 94.0 cm³/mol. The van der Waals surface area contributed by atoms with Gasteiger partial charge in [-0.3, -0.25) is 9.69 Å². The summed E-state index contributed by atoms with van der Waals surface area (Å²) in [5, 5.41) is 13.6. The smallest absolute Gasteiger partial charge is 0.221 e. The van der Waals surface area contributed by atoms with Crippen LogP contribution in [0.2, 0.25) is 0 Å². The van der Waals surface area contributed by atoms with Crippen LogP contribution in [0.4, 0.5) is 5.69 Å². The van der Waals surface area contributed by atoms with Gasteiger partial charge in [0.25, 0.3) is 0 Å². The molecule has 5 nitrogen and oxygen atoms in total. The van der Waals surface area contributed by atoms with Crippen molar-refractivity contribution in [1.29, 1.82) is 0 Å². The van der Waals surface area contributed by atoms with Crippen LogP contribution in [0.5, 0.6) is 0 Å². The van der Waals surface area contributed by atoms with Crippen molar-refractivity contribution in [2.45, 2.75) is 51.9 Å². The molecule has 0 bridgehead atoms. The van der Waals surface area contributed by atoms with Gasteiger partial charge >= 0.3 is 0 Å². The lowest BCUT2D eigenvalue weighted by molar-refractivity contribution is -0.114. The van der Waals surface area contributed by atoms with Crippen molar-refractivity contribution in [3.63, 3.8) is 0 Å². The molecule has 1 fully saturated rings. The zero-order valence-electron chi connectivity index (χ0n) is 14.8. The third-order valence-corrected chi connectivity index (χ3v) is 5.00. The molecule has 0 saturated carbocycles. The molecule has 1 aromatic rings. The van der Waals surface area contributed by atoms with Gasteiger partial charge < -0.3 is 15.2 Å². The van der Waals surface area contributed by atoms with E-state index < -0.39 is 6.10 Å². The monoisotopic (exact) mass is 332 g/mol. The van der Waals surface area contributed by atoms with Crippen LogP contribution in [0.3, 0.4) is 0 Å². The molecule has 24 heavy (non-hydrogen) atoms. The number of nitrogens with one attached hydrogen (secondary N) is 1. The van der Waals surface area contributed by atoms with Gasteiger partial charge in [0.2, 0.25) is 5.91 Å². The lowest BCUT2D eigenvalue weighted by atomic mass is 9.81. The molecular weight excluding hydrogens is 304 g/mol. The Labute approximate surface area is 144 Å². The first kappa shape index (κ1) is 17.4. The maximum Gasteiger partial charge on any atom is 0.221 e. The Hall–Kier alpha value is -1.43. The first-order valence-electron chi connectivity index (χ1n) is 8.88. The number of aliphatic hydroxyl groups is 1. The highest BCUT2D eigenvalue weighted by Crippen LogP contribution is 2.36. The molecule has 132 valence electrons. The van der Waals surface area contributed by atoms with E-state index in [1.165, 1.54) is 6.92 Å². The molecule has 2 aliphatic rings. The largest absolute Gasteiger partial charge is 0.388 e. The number of fused-ring (bicyclic) bond motifs is 1. The molecule has 0 aromatic heterocycles. The first-order chi connectivity index (χ1) is 11.4. The molecule has 2 N–H and O–H groups in total. The van der Waals surface area contributed by atoms with E-state index in [4.69, 9.17) is 4.74 Å². The van der Waals surface area contributed by atoms with Gasteiger partial charge in [0.1, 0.15) is 0 Å². The van der Waals surface area contributed by atoms with E-state index in [-0.39, 0.29) is 24.0 Å². The predicted octanol–water partition coefficient (Wildman–Crippen LogP) is 2.35. The number of aliphatic hydroxyl groups excluding tert-OH is 1. The molecule has 1 amide bonds. The highest BCUT2D eigenvalue weighted by atomic mass is 16.5. The number of carbonyl (C=O) groups is 1. The maximum atomic E-state index is 11.2. The zero-order valence-corrected chi connectivity index (χ0v) is 14.8. The van der Waals surface area contributed by atoms with Crippen LogP contribution in [-0.4, -0.2) is 47.8 Å². The Morgan fingerprint density at radius 2 is 2.04 bits per heavy atom. The fourth-order valence-corrected chi connectivity index (χ4v) is 4.10. The van der Waals surface area contributed by atoms with Crippen molar-refractivity contribution in [2.75, 3.05) is 25.0 Å². The minimum atomic E-state index is -0.436. The highest BCUT2D eigenvalue weighted by Gasteiger charge is 2.31. The van der Waals surface area contributed by atoms with Crippen LogP contribution in [0.15, 0.2) is 18.2 Å². The van der Waals surface area contributed by atoms with Crippen LogP contribution in [0, 0.1) is 5.92 Å². The third kappa shape index (κ3) is 3.97. The summed E-state index contributed by atoms with van der Waals surface area (Å²) in [5.41, 5.74) is 2.96. The van der Waals surface area contributed by atoms with Crippen LogP contribution >= 0.6 is 0 Å². The highest BCUT2D eigenvalue weighted by molar-refractivity contribution is 5.88. The molecule has 4 unspecified atom stereocenters. The number of ether oxygens (including phenoxy) is 1. The summed E-state index contributed by atoms with van der Waals surface area (Å²) >= 11 is 0. The number of aryl methyl sites for hydroxylation is 1. The fraction of sp³-hybridized carbons (Fsp3) is 0.632. The minimum absolute atomic E-state index is 0.0697. The summed E-state index contributed by atoms with van der Waals surface area (Å²) in [5.74, 6) is 0.182. The number of amides is 1. The summed E-state index contributed by atoms with van der Waals surface area (Å²) in [6, 6.07) is 5.84. The zero-order chi connectivity index (χ0) is 17.3. The summed E-state index contributed by atoms with van der Waals surface area (Å²) < 4.78 is 5.79. The average molecular weight is 332 g/mol. The van der Waals surface area contributed by atoms with Gasteiger partial charge in [0.05, 0.1) is 18.3 Å². The van der Waals surface area contributed by atoms with Crippen molar-refractivity contribution in [3.8, 4) is 0 Å². The SMILES string of the molecule is CC(=O)Nc1ccc2c(c1)CCC(CN1CC(C)OC(C)C1)C2O. The van der Waals surface area contributed by atoms with Gasteiger partial charge in [-0.25, -0.2) is 0 Å². The van der Waals surface area contributed by atoms with Gasteiger partial charge in [0, 0.05) is 38.2 Å². The molecular formula is C19H28N2O3. The fourth-order valence-electron chi connectivity index (χ4n) is 4.10. The second-order valence-electron chi connectivity index (χ2n) is 7.31. The number of morpholine rings is 1. The van der Waals surface area contributed by atoms with Crippen LogP contribution in [0.25, 0.3) is 0 Å². The van der Waals surface area contributed by atoms with Crippen LogP contribution in [-0.2, 0) is 16.0 Å². The number of hydrogen-bond acceptors (Lipinski definition) is 4. The second-order valence-corrected chi connectivity index (χ2v) is 7.31. The molecule has 1 aliphatic carbocycles. The summed E-state index contributed by atoms with van der Waals surface area (Å²) in [6.07, 6.45) is 1.98. The maximum absolute atomic E-state index is 11.2. The molecule has 1 aromatic carbocycles. The van der Waals surface area contributed by atoms with Gasteiger partial charge in [-0.1, -0.05) is 6.07 Å². The average Bonchev–Trinajstić information content (AvgIpc) is 2.48. The Bertz CT molecular complexity index is 594. The molecule has 4 atom stereocenters. The Kier molecular flexibility index (Phi) is 5.23. The Morgan fingerprint density at radius 3 is 2.71 bits per heavy atom. The Morgan fingerprint density at radius 1 is 1.33 bits per heavy atom. The molecule has 0 spiro atoms. The van der Waals surface area contributed by atoms with Crippen molar-refractivity contribution >= 4 is 11.6 Å². The lowest BCUT2D eigenvalue weighted by Gasteiger charge is -2.39. The van der Waals surface area contributed by atoms with E-state index >= 15 is 0 Å². The minimum Gasteiger partial charge on any atom is -0.388 e. The Balaban J connectivity index is 1.68. The second kappa shape index (κ2) is 7.21. The molecule has 1 saturated heterocycles.